The van der Waals surface area contributed by atoms with Crippen LogP contribution in [0.25, 0.3) is 0 Å². The quantitative estimate of drug-likeness (QED) is 0.839. The highest BCUT2D eigenvalue weighted by atomic mass is 79.9. The number of halogens is 2. The van der Waals surface area contributed by atoms with Gasteiger partial charge in [-0.25, -0.2) is 4.39 Å². The van der Waals surface area contributed by atoms with Gasteiger partial charge in [0.1, 0.15) is 11.6 Å². The van der Waals surface area contributed by atoms with Crippen molar-refractivity contribution >= 4 is 21.8 Å². The number of carbonyl (C=O) groups is 1. The van der Waals surface area contributed by atoms with E-state index in [9.17, 15) is 9.18 Å². The summed E-state index contributed by atoms with van der Waals surface area (Å²) in [5, 5.41) is 11.7. The van der Waals surface area contributed by atoms with Gasteiger partial charge in [0, 0.05) is 6.54 Å². The molecular formula is C13H17BrFNO3. The van der Waals surface area contributed by atoms with Crippen molar-refractivity contribution < 1.29 is 19.0 Å². The van der Waals surface area contributed by atoms with Gasteiger partial charge < -0.3 is 15.2 Å². The van der Waals surface area contributed by atoms with E-state index in [2.05, 4.69) is 21.2 Å². The molecule has 0 heterocycles. The highest BCUT2D eigenvalue weighted by Gasteiger charge is 2.15. The van der Waals surface area contributed by atoms with Crippen LogP contribution in [0.1, 0.15) is 20.3 Å². The van der Waals surface area contributed by atoms with Crippen LogP contribution in [0.4, 0.5) is 4.39 Å². The predicted octanol–water partition coefficient (Wildman–Crippen LogP) is 2.24. The van der Waals surface area contributed by atoms with Crippen LogP contribution < -0.4 is 10.1 Å². The fourth-order valence-electron chi connectivity index (χ4n) is 1.36. The summed E-state index contributed by atoms with van der Waals surface area (Å²) in [4.78, 5) is 11.7. The molecule has 0 saturated carbocycles. The fourth-order valence-corrected chi connectivity index (χ4v) is 1.81. The summed E-state index contributed by atoms with van der Waals surface area (Å²) in [5.74, 6) is -0.260. The molecule has 1 aromatic rings. The summed E-state index contributed by atoms with van der Waals surface area (Å²) in [7, 11) is 0. The number of benzene rings is 1. The van der Waals surface area contributed by atoms with E-state index < -0.39 is 12.2 Å². The van der Waals surface area contributed by atoms with Crippen molar-refractivity contribution in [3.8, 4) is 5.75 Å². The van der Waals surface area contributed by atoms with Crippen LogP contribution in [0.2, 0.25) is 0 Å². The molecule has 106 valence electrons. The Hall–Kier alpha value is -1.14. The molecule has 1 amide bonds. The fraction of sp³-hybridized carbons (Fsp3) is 0.462. The molecule has 19 heavy (non-hydrogen) atoms. The van der Waals surface area contributed by atoms with Gasteiger partial charge in [-0.2, -0.15) is 0 Å². The summed E-state index contributed by atoms with van der Waals surface area (Å²) >= 11 is 3.17. The molecule has 0 aliphatic carbocycles. The number of hydrogen-bond donors (Lipinski definition) is 2. The molecule has 1 rings (SSSR count). The Bertz CT molecular complexity index is 440. The highest BCUT2D eigenvalue weighted by molar-refractivity contribution is 9.10. The first-order valence-electron chi connectivity index (χ1n) is 5.97. The molecule has 2 unspecified atom stereocenters. The largest absolute Gasteiger partial charge is 0.480 e. The molecule has 0 fully saturated rings. The van der Waals surface area contributed by atoms with Gasteiger partial charge in [-0.3, -0.25) is 4.79 Å². The Morgan fingerprint density at radius 2 is 2.21 bits per heavy atom. The summed E-state index contributed by atoms with van der Waals surface area (Å²) in [6.07, 6.45) is -0.669. The lowest BCUT2D eigenvalue weighted by atomic mass is 10.3. The second-order valence-corrected chi connectivity index (χ2v) is 5.12. The summed E-state index contributed by atoms with van der Waals surface area (Å²) < 4.78 is 18.8. The summed E-state index contributed by atoms with van der Waals surface area (Å²) in [5.41, 5.74) is 0. The van der Waals surface area contributed by atoms with Crippen LogP contribution in [-0.4, -0.2) is 29.8 Å². The van der Waals surface area contributed by atoms with Crippen molar-refractivity contribution in [1.29, 1.82) is 0 Å². The Kier molecular flexibility index (Phi) is 6.24. The zero-order chi connectivity index (χ0) is 14.4. The topological polar surface area (TPSA) is 58.6 Å². The standard InChI is InChI=1S/C13H17BrFNO3/c1-8(17)5-6-16-13(18)9(2)19-12-4-3-10(15)7-11(12)14/h3-4,7-9,17H,5-6H2,1-2H3,(H,16,18). The second kappa shape index (κ2) is 7.45. The van der Waals surface area contributed by atoms with Crippen LogP contribution >= 0.6 is 15.9 Å². The third kappa shape index (κ3) is 5.57. The number of hydrogen-bond acceptors (Lipinski definition) is 3. The maximum Gasteiger partial charge on any atom is 0.260 e. The molecule has 2 N–H and O–H groups in total. The first kappa shape index (κ1) is 15.9. The average Bonchev–Trinajstić information content (AvgIpc) is 2.32. The van der Waals surface area contributed by atoms with Crippen LogP contribution in [0.3, 0.4) is 0 Å². The number of nitrogens with one attached hydrogen (secondary N) is 1. The minimum atomic E-state index is -0.698. The Balaban J connectivity index is 2.49. The molecule has 0 aromatic heterocycles. The molecule has 0 radical (unpaired) electrons. The van der Waals surface area contributed by atoms with Gasteiger partial charge >= 0.3 is 0 Å². The molecule has 0 saturated heterocycles. The smallest absolute Gasteiger partial charge is 0.260 e. The van der Waals surface area contributed by atoms with Crippen molar-refractivity contribution in [1.82, 2.24) is 5.32 Å². The number of aliphatic hydroxyl groups excluding tert-OH is 1. The third-order valence-corrected chi connectivity index (χ3v) is 3.05. The van der Waals surface area contributed by atoms with Gasteiger partial charge in [-0.1, -0.05) is 0 Å². The molecule has 0 spiro atoms. The van der Waals surface area contributed by atoms with Crippen molar-refractivity contribution in [3.63, 3.8) is 0 Å². The van der Waals surface area contributed by atoms with Crippen molar-refractivity contribution in [2.75, 3.05) is 6.54 Å². The molecule has 1 aromatic carbocycles. The Morgan fingerprint density at radius 1 is 1.53 bits per heavy atom. The van der Waals surface area contributed by atoms with E-state index in [1.807, 2.05) is 0 Å². The van der Waals surface area contributed by atoms with Crippen LogP contribution in [0.15, 0.2) is 22.7 Å². The second-order valence-electron chi connectivity index (χ2n) is 4.26. The third-order valence-electron chi connectivity index (χ3n) is 2.43. The molecule has 6 heteroatoms. The van der Waals surface area contributed by atoms with Gasteiger partial charge in [0.2, 0.25) is 0 Å². The van der Waals surface area contributed by atoms with E-state index >= 15 is 0 Å². The lowest BCUT2D eigenvalue weighted by Gasteiger charge is -2.16. The molecule has 2 atom stereocenters. The van der Waals surface area contributed by atoms with Crippen molar-refractivity contribution in [3.05, 3.63) is 28.5 Å². The summed E-state index contributed by atoms with van der Waals surface area (Å²) in [6.45, 7) is 3.64. The highest BCUT2D eigenvalue weighted by Crippen LogP contribution is 2.26. The van der Waals surface area contributed by atoms with E-state index in [4.69, 9.17) is 9.84 Å². The maximum atomic E-state index is 12.9. The minimum Gasteiger partial charge on any atom is -0.480 e. The predicted molar refractivity (Wildman–Crippen MR) is 73.5 cm³/mol. The van der Waals surface area contributed by atoms with Crippen LogP contribution in [-0.2, 0) is 4.79 Å². The molecule has 0 aliphatic rings. The zero-order valence-electron chi connectivity index (χ0n) is 10.8. The van der Waals surface area contributed by atoms with Crippen LogP contribution in [0, 0.1) is 5.82 Å². The number of carbonyl (C=O) groups excluding carboxylic acids is 1. The minimum absolute atomic E-state index is 0.281. The van der Waals surface area contributed by atoms with Crippen molar-refractivity contribution in [2.45, 2.75) is 32.5 Å². The average molecular weight is 334 g/mol. The van der Waals surface area contributed by atoms with E-state index in [1.54, 1.807) is 13.8 Å². The first-order valence-corrected chi connectivity index (χ1v) is 6.77. The number of amides is 1. The summed E-state index contributed by atoms with van der Waals surface area (Å²) in [6, 6.07) is 3.99. The maximum absolute atomic E-state index is 12.9. The molecular weight excluding hydrogens is 317 g/mol. The van der Waals surface area contributed by atoms with Gasteiger partial charge in [0.05, 0.1) is 10.6 Å². The van der Waals surface area contributed by atoms with Crippen LogP contribution in [0.5, 0.6) is 5.75 Å². The number of aliphatic hydroxyl groups is 1. The zero-order valence-corrected chi connectivity index (χ0v) is 12.4. The normalized spacial score (nSPS) is 13.7. The molecule has 0 bridgehead atoms. The lowest BCUT2D eigenvalue weighted by molar-refractivity contribution is -0.127. The van der Waals surface area contributed by atoms with Gasteiger partial charge in [-0.05, 0) is 54.4 Å². The number of ether oxygens (including phenoxy) is 1. The van der Waals surface area contributed by atoms with E-state index in [0.29, 0.717) is 23.2 Å². The van der Waals surface area contributed by atoms with E-state index in [0.717, 1.165) is 0 Å². The SMILES string of the molecule is CC(O)CCNC(=O)C(C)Oc1ccc(F)cc1Br. The Morgan fingerprint density at radius 3 is 2.79 bits per heavy atom. The van der Waals surface area contributed by atoms with Crippen molar-refractivity contribution in [2.24, 2.45) is 0 Å². The van der Waals surface area contributed by atoms with Gasteiger partial charge in [0.15, 0.2) is 6.10 Å². The first-order chi connectivity index (χ1) is 8.90. The van der Waals surface area contributed by atoms with E-state index in [1.165, 1.54) is 18.2 Å². The molecule has 0 aliphatic heterocycles. The van der Waals surface area contributed by atoms with Gasteiger partial charge in [-0.15, -0.1) is 0 Å². The lowest BCUT2D eigenvalue weighted by Crippen LogP contribution is -2.37. The Labute approximate surface area is 120 Å². The monoisotopic (exact) mass is 333 g/mol. The van der Waals surface area contributed by atoms with Gasteiger partial charge in [0.25, 0.3) is 5.91 Å². The molecule has 4 nitrogen and oxygen atoms in total. The van der Waals surface area contributed by atoms with E-state index in [-0.39, 0.29) is 11.7 Å². The number of rotatable bonds is 6.